The number of nitrogens with two attached hydrogens (primary N) is 2. The molecule has 3 aromatic carbocycles. The van der Waals surface area contributed by atoms with Crippen molar-refractivity contribution in [3.8, 4) is 0 Å². The Kier molecular flexibility index (Phi) is 9.34. The molecule has 9 nitrogen and oxygen atoms in total. The standard InChI is InChI=1S/C31H37N3O6/c32-27(28(35)30(37)19-18-24-16-7-8-17-25(24)30)31(38,39)26(21-23-14-5-2-6-15-23)34(33)29(36)40-20-10-9-13-22-11-3-1-4-12-22/h1-8,11-12,14-17,26-27,37-39H,9-10,13,18-21,32-33H2. The summed E-state index contributed by atoms with van der Waals surface area (Å²) in [7, 11) is 0. The Morgan fingerprint density at radius 3 is 2.20 bits per heavy atom. The highest BCUT2D eigenvalue weighted by Crippen LogP contribution is 2.39. The summed E-state index contributed by atoms with van der Waals surface area (Å²) in [5, 5.41) is 34.5. The number of fused-ring (bicyclic) bond motifs is 1. The van der Waals surface area contributed by atoms with Gasteiger partial charge in [0.15, 0.2) is 5.78 Å². The fourth-order valence-electron chi connectivity index (χ4n) is 5.23. The Bertz CT molecular complexity index is 1290. The Hall–Kier alpha value is -3.60. The van der Waals surface area contributed by atoms with Gasteiger partial charge in [0.1, 0.15) is 17.7 Å². The molecule has 3 aromatic rings. The number of unbranched alkanes of at least 4 members (excludes halogenated alkanes) is 1. The number of ketones is 1. The van der Waals surface area contributed by atoms with Crippen molar-refractivity contribution in [3.63, 3.8) is 0 Å². The first-order valence-corrected chi connectivity index (χ1v) is 13.5. The molecule has 40 heavy (non-hydrogen) atoms. The van der Waals surface area contributed by atoms with Crippen molar-refractivity contribution in [2.75, 3.05) is 6.61 Å². The largest absolute Gasteiger partial charge is 0.448 e. The number of hydrogen-bond donors (Lipinski definition) is 5. The zero-order valence-corrected chi connectivity index (χ0v) is 22.4. The van der Waals surface area contributed by atoms with Crippen LogP contribution in [0.25, 0.3) is 0 Å². The topological polar surface area (TPSA) is 159 Å². The van der Waals surface area contributed by atoms with Gasteiger partial charge in [0.05, 0.1) is 6.61 Å². The molecule has 1 aliphatic carbocycles. The summed E-state index contributed by atoms with van der Waals surface area (Å²) in [5.41, 5.74) is 7.12. The molecule has 1 aliphatic rings. The van der Waals surface area contributed by atoms with Crippen LogP contribution in [0.5, 0.6) is 0 Å². The molecule has 0 spiro atoms. The van der Waals surface area contributed by atoms with Crippen molar-refractivity contribution >= 4 is 11.9 Å². The van der Waals surface area contributed by atoms with Gasteiger partial charge >= 0.3 is 6.09 Å². The normalized spacial score (nSPS) is 18.0. The number of aryl methyl sites for hydroxylation is 2. The van der Waals surface area contributed by atoms with E-state index >= 15 is 0 Å². The lowest BCUT2D eigenvalue weighted by molar-refractivity contribution is -0.220. The van der Waals surface area contributed by atoms with Crippen LogP contribution >= 0.6 is 0 Å². The second-order valence-electron chi connectivity index (χ2n) is 10.3. The minimum Gasteiger partial charge on any atom is -0.448 e. The van der Waals surface area contributed by atoms with Crippen molar-refractivity contribution in [2.45, 2.75) is 62.0 Å². The van der Waals surface area contributed by atoms with E-state index in [1.807, 2.05) is 30.3 Å². The molecule has 9 heteroatoms. The number of hydrogen-bond acceptors (Lipinski definition) is 8. The van der Waals surface area contributed by atoms with E-state index in [1.165, 1.54) is 5.56 Å². The van der Waals surface area contributed by atoms with Gasteiger partial charge in [-0.2, -0.15) is 0 Å². The summed E-state index contributed by atoms with van der Waals surface area (Å²) < 4.78 is 5.33. The number of hydrazine groups is 1. The van der Waals surface area contributed by atoms with Crippen LogP contribution in [0.4, 0.5) is 4.79 Å². The van der Waals surface area contributed by atoms with Gasteiger partial charge in [0, 0.05) is 0 Å². The third-order valence-electron chi connectivity index (χ3n) is 7.60. The molecular weight excluding hydrogens is 510 g/mol. The third-order valence-corrected chi connectivity index (χ3v) is 7.60. The number of carbonyl (C=O) groups is 2. The molecule has 0 aliphatic heterocycles. The smallest absolute Gasteiger partial charge is 0.424 e. The number of benzene rings is 3. The van der Waals surface area contributed by atoms with E-state index in [-0.39, 0.29) is 19.4 Å². The molecule has 0 radical (unpaired) electrons. The van der Waals surface area contributed by atoms with Crippen molar-refractivity contribution < 1.29 is 29.6 Å². The van der Waals surface area contributed by atoms with Crippen LogP contribution in [0, 0.1) is 0 Å². The van der Waals surface area contributed by atoms with E-state index in [4.69, 9.17) is 16.3 Å². The van der Waals surface area contributed by atoms with Gasteiger partial charge in [0.2, 0.25) is 5.79 Å². The van der Waals surface area contributed by atoms with E-state index in [1.54, 1.807) is 54.6 Å². The van der Waals surface area contributed by atoms with Gasteiger partial charge in [-0.25, -0.2) is 15.6 Å². The number of carbonyl (C=O) groups excluding carboxylic acids is 2. The molecule has 0 saturated carbocycles. The van der Waals surface area contributed by atoms with Crippen LogP contribution in [0.1, 0.15) is 41.5 Å². The lowest BCUT2D eigenvalue weighted by atomic mass is 9.81. The van der Waals surface area contributed by atoms with Crippen LogP contribution in [0.15, 0.2) is 84.9 Å². The molecule has 4 rings (SSSR count). The first-order valence-electron chi connectivity index (χ1n) is 13.5. The lowest BCUT2D eigenvalue weighted by Gasteiger charge is -2.41. The number of nitrogens with zero attached hydrogens (tertiary/aromatic N) is 1. The molecular formula is C31H37N3O6. The van der Waals surface area contributed by atoms with Crippen LogP contribution in [-0.2, 0) is 34.4 Å². The Balaban J connectivity index is 1.47. The maximum absolute atomic E-state index is 13.5. The summed E-state index contributed by atoms with van der Waals surface area (Å²) in [6, 6.07) is 22.0. The van der Waals surface area contributed by atoms with Crippen molar-refractivity contribution in [1.82, 2.24) is 5.01 Å². The monoisotopic (exact) mass is 547 g/mol. The minimum absolute atomic E-state index is 0.0513. The number of ether oxygens (including phenoxy) is 1. The van der Waals surface area contributed by atoms with E-state index in [0.717, 1.165) is 18.4 Å². The van der Waals surface area contributed by atoms with Gasteiger partial charge in [-0.05, 0) is 60.8 Å². The molecule has 0 aromatic heterocycles. The second-order valence-corrected chi connectivity index (χ2v) is 10.3. The van der Waals surface area contributed by atoms with Crippen molar-refractivity contribution in [2.24, 2.45) is 11.6 Å². The van der Waals surface area contributed by atoms with Gasteiger partial charge in [0.25, 0.3) is 0 Å². The van der Waals surface area contributed by atoms with Gasteiger partial charge in [-0.1, -0.05) is 84.9 Å². The highest BCUT2D eigenvalue weighted by Gasteiger charge is 2.54. The number of rotatable bonds is 12. The number of aliphatic hydroxyl groups is 3. The zero-order chi connectivity index (χ0) is 28.8. The fourth-order valence-corrected chi connectivity index (χ4v) is 5.23. The van der Waals surface area contributed by atoms with E-state index in [2.05, 4.69) is 0 Å². The summed E-state index contributed by atoms with van der Waals surface area (Å²) in [6.07, 6.45) is 1.53. The molecule has 212 valence electrons. The molecule has 0 fully saturated rings. The Morgan fingerprint density at radius 2 is 1.52 bits per heavy atom. The molecule has 0 heterocycles. The third kappa shape index (κ3) is 6.41. The molecule has 1 amide bonds. The molecule has 0 bridgehead atoms. The number of Topliss-reactive ketones (excluding diaryl/α,β-unsaturated/α-hetero) is 1. The fraction of sp³-hybridized carbons (Fsp3) is 0.355. The van der Waals surface area contributed by atoms with Gasteiger partial charge < -0.3 is 25.8 Å². The average Bonchev–Trinajstić information content (AvgIpc) is 3.33. The average molecular weight is 548 g/mol. The predicted molar refractivity (Wildman–Crippen MR) is 149 cm³/mol. The highest BCUT2D eigenvalue weighted by atomic mass is 16.6. The van der Waals surface area contributed by atoms with E-state index in [0.29, 0.717) is 29.0 Å². The number of amides is 1. The van der Waals surface area contributed by atoms with Crippen molar-refractivity contribution in [3.05, 3.63) is 107 Å². The summed E-state index contributed by atoms with van der Waals surface area (Å²) in [4.78, 5) is 26.4. The Labute approximate surface area is 234 Å². The molecule has 0 saturated heterocycles. The minimum atomic E-state index is -3.00. The quantitative estimate of drug-likeness (QED) is 0.0760. The SMILES string of the molecule is NC(C(=O)C1(O)CCc2ccccc21)C(O)(O)C(Cc1ccccc1)N(N)C(=O)OCCCCc1ccccc1. The highest BCUT2D eigenvalue weighted by molar-refractivity contribution is 5.94. The maximum Gasteiger partial charge on any atom is 0.424 e. The van der Waals surface area contributed by atoms with E-state index in [9.17, 15) is 24.9 Å². The summed E-state index contributed by atoms with van der Waals surface area (Å²) >= 11 is 0. The second kappa shape index (κ2) is 12.7. The van der Waals surface area contributed by atoms with Gasteiger partial charge in [-0.15, -0.1) is 0 Å². The molecule has 3 atom stereocenters. The van der Waals surface area contributed by atoms with Crippen LogP contribution in [-0.4, -0.2) is 56.7 Å². The molecule has 7 N–H and O–H groups in total. The summed E-state index contributed by atoms with van der Waals surface area (Å²) in [6.45, 7) is 0.0722. The summed E-state index contributed by atoms with van der Waals surface area (Å²) in [5.74, 6) is 2.14. The lowest BCUT2D eigenvalue weighted by Crippen LogP contribution is -2.69. The van der Waals surface area contributed by atoms with Crippen LogP contribution in [0.2, 0.25) is 0 Å². The van der Waals surface area contributed by atoms with Crippen molar-refractivity contribution in [1.29, 1.82) is 0 Å². The first kappa shape index (κ1) is 29.4. The Morgan fingerprint density at radius 1 is 0.925 bits per heavy atom. The predicted octanol–water partition coefficient (Wildman–Crippen LogP) is 2.34. The molecule has 3 unspecified atom stereocenters. The van der Waals surface area contributed by atoms with Crippen LogP contribution < -0.4 is 11.6 Å². The van der Waals surface area contributed by atoms with E-state index < -0.39 is 35.3 Å². The maximum atomic E-state index is 13.5. The van der Waals surface area contributed by atoms with Crippen LogP contribution in [0.3, 0.4) is 0 Å². The zero-order valence-electron chi connectivity index (χ0n) is 22.4. The first-order chi connectivity index (χ1) is 19.1. The van der Waals surface area contributed by atoms with Gasteiger partial charge in [-0.3, -0.25) is 4.79 Å².